The quantitative estimate of drug-likeness (QED) is 0.586. The van der Waals surface area contributed by atoms with E-state index in [-0.39, 0.29) is 12.2 Å². The van der Waals surface area contributed by atoms with Gasteiger partial charge in [-0.2, -0.15) is 11.3 Å². The Morgan fingerprint density at radius 3 is 2.57 bits per heavy atom. The van der Waals surface area contributed by atoms with Gasteiger partial charge in [-0.3, -0.25) is 0 Å². The van der Waals surface area contributed by atoms with Crippen molar-refractivity contribution >= 4 is 22.9 Å². The van der Waals surface area contributed by atoms with Gasteiger partial charge in [0.15, 0.2) is 0 Å². The molecule has 0 bridgehead atoms. The lowest BCUT2D eigenvalue weighted by atomic mass is 9.95. The third kappa shape index (κ3) is 3.58. The lowest BCUT2D eigenvalue weighted by Crippen LogP contribution is -2.10. The number of esters is 1. The molecule has 1 atom stereocenters. The monoisotopic (exact) mass is 304 g/mol. The van der Waals surface area contributed by atoms with E-state index in [1.54, 1.807) is 25.3 Å². The molecule has 1 heterocycles. The highest BCUT2D eigenvalue weighted by Crippen LogP contribution is 2.33. The number of hydrogen-bond donors (Lipinski definition) is 0. The van der Waals surface area contributed by atoms with E-state index < -0.39 is 17.7 Å². The number of rotatable bonds is 5. The summed E-state index contributed by atoms with van der Waals surface area (Å²) in [4.78, 5) is 12.1. The first kappa shape index (κ1) is 15.4. The SMILES string of the molecule is CCOC(=O)/C(=C(/F)[C@H](C)c1ccccc1)c1ccsc1. The van der Waals surface area contributed by atoms with Crippen LogP contribution in [0.4, 0.5) is 4.39 Å². The zero-order valence-electron chi connectivity index (χ0n) is 12.0. The van der Waals surface area contributed by atoms with Crippen molar-refractivity contribution in [2.45, 2.75) is 19.8 Å². The molecule has 1 aromatic carbocycles. The van der Waals surface area contributed by atoms with E-state index in [9.17, 15) is 9.18 Å². The molecule has 0 aliphatic heterocycles. The molecule has 0 saturated heterocycles. The molecule has 110 valence electrons. The minimum absolute atomic E-state index is 0.0226. The second-order valence-electron chi connectivity index (χ2n) is 4.59. The summed E-state index contributed by atoms with van der Waals surface area (Å²) in [6.07, 6.45) is 0. The van der Waals surface area contributed by atoms with E-state index >= 15 is 0 Å². The van der Waals surface area contributed by atoms with Gasteiger partial charge in [0.2, 0.25) is 0 Å². The minimum Gasteiger partial charge on any atom is -0.462 e. The average Bonchev–Trinajstić information content (AvgIpc) is 3.01. The van der Waals surface area contributed by atoms with Gasteiger partial charge in [0, 0.05) is 11.5 Å². The van der Waals surface area contributed by atoms with E-state index in [4.69, 9.17) is 4.74 Å². The van der Waals surface area contributed by atoms with Gasteiger partial charge in [-0.1, -0.05) is 37.3 Å². The Labute approximate surface area is 127 Å². The van der Waals surface area contributed by atoms with Gasteiger partial charge in [0.05, 0.1) is 12.2 Å². The summed E-state index contributed by atoms with van der Waals surface area (Å²) < 4.78 is 19.9. The Balaban J connectivity index is 2.44. The van der Waals surface area contributed by atoms with Crippen LogP contribution >= 0.6 is 11.3 Å². The molecule has 0 aliphatic rings. The van der Waals surface area contributed by atoms with Gasteiger partial charge in [0.25, 0.3) is 0 Å². The molecular formula is C17H17FO2S. The van der Waals surface area contributed by atoms with Crippen molar-refractivity contribution in [3.05, 3.63) is 64.1 Å². The van der Waals surface area contributed by atoms with E-state index in [1.807, 2.05) is 35.7 Å². The van der Waals surface area contributed by atoms with Crippen LogP contribution in [0.2, 0.25) is 0 Å². The zero-order chi connectivity index (χ0) is 15.2. The summed E-state index contributed by atoms with van der Waals surface area (Å²) in [5, 5.41) is 3.57. The molecule has 0 fully saturated rings. The van der Waals surface area contributed by atoms with E-state index in [2.05, 4.69) is 0 Å². The van der Waals surface area contributed by atoms with Crippen LogP contribution in [-0.4, -0.2) is 12.6 Å². The summed E-state index contributed by atoms with van der Waals surface area (Å²) in [7, 11) is 0. The van der Waals surface area contributed by atoms with Crippen molar-refractivity contribution in [1.82, 2.24) is 0 Å². The fraction of sp³-hybridized carbons (Fsp3) is 0.235. The standard InChI is InChI=1S/C17H17FO2S/c1-3-20-17(19)15(14-9-10-21-11-14)16(18)12(2)13-7-5-4-6-8-13/h4-12H,3H2,1-2H3/b16-15+/t12-/m1/s1. The molecular weight excluding hydrogens is 287 g/mol. The number of carbonyl (C=O) groups is 1. The fourth-order valence-electron chi connectivity index (χ4n) is 2.07. The molecule has 2 nitrogen and oxygen atoms in total. The van der Waals surface area contributed by atoms with Crippen LogP contribution in [-0.2, 0) is 9.53 Å². The Morgan fingerprint density at radius 2 is 2.00 bits per heavy atom. The lowest BCUT2D eigenvalue weighted by Gasteiger charge is -2.14. The molecule has 21 heavy (non-hydrogen) atoms. The first-order chi connectivity index (χ1) is 10.1. The fourth-order valence-corrected chi connectivity index (χ4v) is 2.71. The molecule has 1 aromatic heterocycles. The van der Waals surface area contributed by atoms with Crippen molar-refractivity contribution in [2.24, 2.45) is 0 Å². The summed E-state index contributed by atoms with van der Waals surface area (Å²) in [6, 6.07) is 11.0. The topological polar surface area (TPSA) is 26.3 Å². The van der Waals surface area contributed by atoms with E-state index in [0.29, 0.717) is 5.56 Å². The van der Waals surface area contributed by atoms with Crippen LogP contribution in [0.15, 0.2) is 53.0 Å². The average molecular weight is 304 g/mol. The third-order valence-electron chi connectivity index (χ3n) is 3.21. The molecule has 2 rings (SSSR count). The molecule has 0 amide bonds. The van der Waals surface area contributed by atoms with Gasteiger partial charge >= 0.3 is 5.97 Å². The molecule has 0 spiro atoms. The lowest BCUT2D eigenvalue weighted by molar-refractivity contribution is -0.136. The predicted octanol–water partition coefficient (Wildman–Crippen LogP) is 4.80. The zero-order valence-corrected chi connectivity index (χ0v) is 12.8. The minimum atomic E-state index is -0.615. The maximum absolute atomic E-state index is 14.9. The number of ether oxygens (including phenoxy) is 1. The van der Waals surface area contributed by atoms with Crippen LogP contribution < -0.4 is 0 Å². The number of thiophene rings is 1. The number of carbonyl (C=O) groups excluding carboxylic acids is 1. The van der Waals surface area contributed by atoms with Crippen LogP contribution in [0.1, 0.15) is 30.9 Å². The molecule has 0 saturated carbocycles. The molecule has 0 aliphatic carbocycles. The Morgan fingerprint density at radius 1 is 1.29 bits per heavy atom. The van der Waals surface area contributed by atoms with Gasteiger partial charge < -0.3 is 4.74 Å². The largest absolute Gasteiger partial charge is 0.462 e. The van der Waals surface area contributed by atoms with Gasteiger partial charge in [0.1, 0.15) is 5.83 Å². The second-order valence-corrected chi connectivity index (χ2v) is 5.37. The van der Waals surface area contributed by atoms with Crippen molar-refractivity contribution in [3.8, 4) is 0 Å². The highest BCUT2D eigenvalue weighted by molar-refractivity contribution is 7.08. The number of halogens is 1. The normalized spacial score (nSPS) is 13.5. The maximum atomic E-state index is 14.9. The Bertz CT molecular complexity index is 618. The molecule has 2 aromatic rings. The summed E-state index contributed by atoms with van der Waals surface area (Å²) in [6.45, 7) is 3.68. The smallest absolute Gasteiger partial charge is 0.341 e. The number of allylic oxidation sites excluding steroid dienone is 1. The molecule has 0 radical (unpaired) electrons. The van der Waals surface area contributed by atoms with Crippen molar-refractivity contribution in [2.75, 3.05) is 6.61 Å². The first-order valence-corrected chi connectivity index (χ1v) is 7.73. The van der Waals surface area contributed by atoms with E-state index in [0.717, 1.165) is 5.56 Å². The summed E-state index contributed by atoms with van der Waals surface area (Å²) >= 11 is 1.42. The maximum Gasteiger partial charge on any atom is 0.341 e. The van der Waals surface area contributed by atoms with Crippen molar-refractivity contribution in [1.29, 1.82) is 0 Å². The highest BCUT2D eigenvalue weighted by atomic mass is 32.1. The van der Waals surface area contributed by atoms with Gasteiger partial charge in [-0.25, -0.2) is 9.18 Å². The summed E-state index contributed by atoms with van der Waals surface area (Å²) in [5.41, 5.74) is 1.42. The van der Waals surface area contributed by atoms with Crippen molar-refractivity contribution < 1.29 is 13.9 Å². The third-order valence-corrected chi connectivity index (χ3v) is 3.89. The van der Waals surface area contributed by atoms with Crippen LogP contribution in [0, 0.1) is 0 Å². The Hall–Kier alpha value is -1.94. The number of benzene rings is 1. The molecule has 0 N–H and O–H groups in total. The van der Waals surface area contributed by atoms with Gasteiger partial charge in [-0.15, -0.1) is 0 Å². The second kappa shape index (κ2) is 7.18. The van der Waals surface area contributed by atoms with Gasteiger partial charge in [-0.05, 0) is 29.3 Å². The highest BCUT2D eigenvalue weighted by Gasteiger charge is 2.24. The van der Waals surface area contributed by atoms with E-state index in [1.165, 1.54) is 11.3 Å². The predicted molar refractivity (Wildman–Crippen MR) is 83.8 cm³/mol. The van der Waals surface area contributed by atoms with Crippen molar-refractivity contribution in [3.63, 3.8) is 0 Å². The van der Waals surface area contributed by atoms with Crippen LogP contribution in [0.5, 0.6) is 0 Å². The first-order valence-electron chi connectivity index (χ1n) is 6.79. The molecule has 0 unspecified atom stereocenters. The molecule has 4 heteroatoms. The number of hydrogen-bond acceptors (Lipinski definition) is 3. The van der Waals surface area contributed by atoms with Crippen LogP contribution in [0.25, 0.3) is 5.57 Å². The van der Waals surface area contributed by atoms with Crippen LogP contribution in [0.3, 0.4) is 0 Å². The Kier molecular flexibility index (Phi) is 5.28. The summed E-state index contributed by atoms with van der Waals surface area (Å²) in [5.74, 6) is -1.57.